The fourth-order valence-corrected chi connectivity index (χ4v) is 2.56. The number of Topliss-reactive ketones (excluding diaryl/α,β-unsaturated/α-hetero) is 1. The van der Waals surface area contributed by atoms with E-state index in [1.54, 1.807) is 19.1 Å². The number of primary amides is 1. The number of hydrogen-bond donors (Lipinski definition) is 1. The summed E-state index contributed by atoms with van der Waals surface area (Å²) < 4.78 is 11.3. The zero-order chi connectivity index (χ0) is 16.8. The molecule has 1 aromatic carbocycles. The topological polar surface area (TPSA) is 82.5 Å². The minimum atomic E-state index is -0.932. The van der Waals surface area contributed by atoms with Crippen molar-refractivity contribution in [1.82, 2.24) is 0 Å². The minimum Gasteiger partial charge on any atom is -0.465 e. The number of furan rings is 1. The average molecular weight is 380 g/mol. The zero-order valence-corrected chi connectivity index (χ0v) is 14.3. The highest BCUT2D eigenvalue weighted by Gasteiger charge is 2.30. The van der Waals surface area contributed by atoms with Crippen molar-refractivity contribution >= 4 is 27.8 Å². The van der Waals surface area contributed by atoms with Crippen LogP contribution in [0.1, 0.15) is 30.8 Å². The molecule has 6 heteroatoms. The van der Waals surface area contributed by atoms with Gasteiger partial charge in [-0.25, -0.2) is 4.79 Å². The van der Waals surface area contributed by atoms with Crippen molar-refractivity contribution in [1.29, 1.82) is 0 Å². The molecule has 0 aliphatic heterocycles. The molecule has 0 saturated carbocycles. The lowest BCUT2D eigenvalue weighted by Gasteiger charge is -2.20. The van der Waals surface area contributed by atoms with Gasteiger partial charge in [-0.3, -0.25) is 4.79 Å². The maximum Gasteiger partial charge on any atom is 0.405 e. The molecule has 2 rings (SSSR count). The Morgan fingerprint density at radius 1 is 1.26 bits per heavy atom. The van der Waals surface area contributed by atoms with Crippen molar-refractivity contribution < 1.29 is 18.7 Å². The lowest BCUT2D eigenvalue weighted by atomic mass is 9.93. The van der Waals surface area contributed by atoms with Gasteiger partial charge in [-0.05, 0) is 36.2 Å². The number of aryl methyl sites for hydroxylation is 1. The molecule has 23 heavy (non-hydrogen) atoms. The first kappa shape index (κ1) is 17.3. The van der Waals surface area contributed by atoms with Crippen molar-refractivity contribution in [3.63, 3.8) is 0 Å². The summed E-state index contributed by atoms with van der Waals surface area (Å²) in [4.78, 5) is 23.5. The summed E-state index contributed by atoms with van der Waals surface area (Å²) in [6.45, 7) is 1.71. The van der Waals surface area contributed by atoms with Gasteiger partial charge >= 0.3 is 6.09 Å². The first-order valence-electron chi connectivity index (χ1n) is 7.24. The molecule has 2 aromatic rings. The van der Waals surface area contributed by atoms with Gasteiger partial charge < -0.3 is 14.9 Å². The van der Waals surface area contributed by atoms with Crippen molar-refractivity contribution in [2.75, 3.05) is 0 Å². The number of rotatable bonds is 7. The third-order valence-corrected chi connectivity index (χ3v) is 4.13. The van der Waals surface area contributed by atoms with E-state index in [1.165, 1.54) is 6.26 Å². The number of carbonyl (C=O) groups is 2. The second-order valence-electron chi connectivity index (χ2n) is 5.25. The van der Waals surface area contributed by atoms with Gasteiger partial charge in [-0.15, -0.1) is 0 Å². The fourth-order valence-electron chi connectivity index (χ4n) is 2.30. The molecule has 0 unspecified atom stereocenters. The van der Waals surface area contributed by atoms with E-state index in [0.29, 0.717) is 18.6 Å². The summed E-state index contributed by atoms with van der Waals surface area (Å²) in [7, 11) is 0. The van der Waals surface area contributed by atoms with Gasteiger partial charge in [0.1, 0.15) is 11.5 Å². The Kier molecular flexibility index (Phi) is 5.98. The lowest BCUT2D eigenvalue weighted by molar-refractivity contribution is -0.126. The van der Waals surface area contributed by atoms with Crippen LogP contribution in [0.4, 0.5) is 4.79 Å². The van der Waals surface area contributed by atoms with Crippen molar-refractivity contribution in [2.24, 2.45) is 11.7 Å². The molecule has 0 saturated heterocycles. The molecular formula is C17H18BrNO4. The maximum absolute atomic E-state index is 12.4. The lowest BCUT2D eigenvalue weighted by Crippen LogP contribution is -2.26. The van der Waals surface area contributed by atoms with Crippen LogP contribution in [0.3, 0.4) is 0 Å². The molecule has 0 bridgehead atoms. The summed E-state index contributed by atoms with van der Waals surface area (Å²) in [5, 5.41) is 0. The maximum atomic E-state index is 12.4. The highest BCUT2D eigenvalue weighted by molar-refractivity contribution is 9.10. The first-order chi connectivity index (χ1) is 11.0. The normalized spacial score (nSPS) is 13.3. The summed E-state index contributed by atoms with van der Waals surface area (Å²) >= 11 is 3.38. The number of amides is 1. The minimum absolute atomic E-state index is 0.0180. The first-order valence-corrected chi connectivity index (χ1v) is 8.03. The van der Waals surface area contributed by atoms with Crippen molar-refractivity contribution in [2.45, 2.75) is 25.9 Å². The van der Waals surface area contributed by atoms with Gasteiger partial charge in [0.25, 0.3) is 0 Å². The summed E-state index contributed by atoms with van der Waals surface area (Å²) in [6.07, 6.45) is 0.699. The molecule has 1 aromatic heterocycles. The van der Waals surface area contributed by atoms with Crippen molar-refractivity contribution in [3.05, 3.63) is 58.5 Å². The summed E-state index contributed by atoms with van der Waals surface area (Å²) in [5.41, 5.74) is 6.17. The standard InChI is InChI=1S/C17H18BrNO4/c1-11(16(23-17(19)21)15-3-2-10-22-15)14(20)9-6-12-4-7-13(18)8-5-12/h2-5,7-8,10-11,16H,6,9H2,1H3,(H2,19,21)/t11-,16-/m0/s1. The second-order valence-corrected chi connectivity index (χ2v) is 6.17. The van der Waals surface area contributed by atoms with Crippen LogP contribution in [0.2, 0.25) is 0 Å². The molecule has 0 spiro atoms. The van der Waals surface area contributed by atoms with E-state index in [9.17, 15) is 9.59 Å². The molecule has 0 fully saturated rings. The van der Waals surface area contributed by atoms with Crippen LogP contribution in [0.15, 0.2) is 51.6 Å². The molecule has 5 nitrogen and oxygen atoms in total. The molecule has 0 radical (unpaired) electrons. The number of carbonyl (C=O) groups excluding carboxylic acids is 2. The Morgan fingerprint density at radius 2 is 1.96 bits per heavy atom. The van der Waals surface area contributed by atoms with Crippen LogP contribution >= 0.6 is 15.9 Å². The van der Waals surface area contributed by atoms with E-state index < -0.39 is 18.1 Å². The molecule has 1 amide bonds. The predicted molar refractivity (Wildman–Crippen MR) is 88.8 cm³/mol. The Labute approximate surface area is 142 Å². The van der Waals surface area contributed by atoms with Crippen LogP contribution in [0.5, 0.6) is 0 Å². The number of hydrogen-bond acceptors (Lipinski definition) is 4. The van der Waals surface area contributed by atoms with E-state index in [-0.39, 0.29) is 5.78 Å². The largest absolute Gasteiger partial charge is 0.465 e. The molecule has 2 atom stereocenters. The van der Waals surface area contributed by atoms with E-state index in [4.69, 9.17) is 14.9 Å². The van der Waals surface area contributed by atoms with E-state index in [1.807, 2.05) is 24.3 Å². The van der Waals surface area contributed by atoms with Gasteiger partial charge in [0.2, 0.25) is 0 Å². The Bertz CT molecular complexity index is 652. The third kappa shape index (κ3) is 4.96. The van der Waals surface area contributed by atoms with Crippen LogP contribution in [-0.4, -0.2) is 11.9 Å². The monoisotopic (exact) mass is 379 g/mol. The van der Waals surface area contributed by atoms with Gasteiger partial charge in [0.05, 0.1) is 12.2 Å². The van der Waals surface area contributed by atoms with Gasteiger partial charge in [-0.2, -0.15) is 0 Å². The fraction of sp³-hybridized carbons (Fsp3) is 0.294. The highest BCUT2D eigenvalue weighted by atomic mass is 79.9. The Hall–Kier alpha value is -2.08. The molecule has 122 valence electrons. The number of halogens is 1. The van der Waals surface area contributed by atoms with Crippen LogP contribution in [0.25, 0.3) is 0 Å². The summed E-state index contributed by atoms with van der Waals surface area (Å²) in [6, 6.07) is 11.1. The molecular weight excluding hydrogens is 362 g/mol. The Morgan fingerprint density at radius 3 is 2.52 bits per heavy atom. The molecule has 2 N–H and O–H groups in total. The van der Waals surface area contributed by atoms with Crippen LogP contribution in [-0.2, 0) is 16.0 Å². The van der Waals surface area contributed by atoms with Crippen LogP contribution < -0.4 is 5.73 Å². The van der Waals surface area contributed by atoms with E-state index in [2.05, 4.69) is 15.9 Å². The van der Waals surface area contributed by atoms with Gasteiger partial charge in [0.15, 0.2) is 6.10 Å². The molecule has 1 heterocycles. The number of ether oxygens (including phenoxy) is 1. The number of benzene rings is 1. The zero-order valence-electron chi connectivity index (χ0n) is 12.7. The quantitative estimate of drug-likeness (QED) is 0.787. The SMILES string of the molecule is C[C@@H](C(=O)CCc1ccc(Br)cc1)[C@H](OC(N)=O)c1ccco1. The van der Waals surface area contributed by atoms with Gasteiger partial charge in [-0.1, -0.05) is 35.0 Å². The van der Waals surface area contributed by atoms with Crippen LogP contribution in [0, 0.1) is 5.92 Å². The van der Waals surface area contributed by atoms with Crippen molar-refractivity contribution in [3.8, 4) is 0 Å². The van der Waals surface area contributed by atoms with E-state index in [0.717, 1.165) is 10.0 Å². The smallest absolute Gasteiger partial charge is 0.405 e. The van der Waals surface area contributed by atoms with E-state index >= 15 is 0 Å². The second kappa shape index (κ2) is 7.97. The highest BCUT2D eigenvalue weighted by Crippen LogP contribution is 2.28. The summed E-state index contributed by atoms with van der Waals surface area (Å²) in [5.74, 6) is -0.145. The predicted octanol–water partition coefficient (Wildman–Crippen LogP) is 4.02. The average Bonchev–Trinajstić information content (AvgIpc) is 3.05. The number of ketones is 1. The number of nitrogens with two attached hydrogens (primary N) is 1. The Balaban J connectivity index is 2.00. The molecule has 0 aliphatic rings. The third-order valence-electron chi connectivity index (χ3n) is 3.60. The molecule has 0 aliphatic carbocycles. The van der Waals surface area contributed by atoms with Gasteiger partial charge in [0, 0.05) is 10.9 Å².